The van der Waals surface area contributed by atoms with Gasteiger partial charge < -0.3 is 15.2 Å². The number of ether oxygens (including phenoxy) is 2. The van der Waals surface area contributed by atoms with Crippen LogP contribution in [0.4, 0.5) is 5.69 Å². The summed E-state index contributed by atoms with van der Waals surface area (Å²) in [4.78, 5) is 5.40. The number of anilines is 1. The van der Waals surface area contributed by atoms with Gasteiger partial charge in [-0.05, 0) is 23.8 Å². The minimum Gasteiger partial charge on any atom is -0.454 e. The van der Waals surface area contributed by atoms with E-state index in [1.54, 1.807) is 11.3 Å². The van der Waals surface area contributed by atoms with E-state index in [1.807, 2.05) is 29.8 Å². The Morgan fingerprint density at radius 2 is 2.00 bits per heavy atom. The smallest absolute Gasteiger partial charge is 0.231 e. The Morgan fingerprint density at radius 3 is 2.95 bits per heavy atom. The molecule has 0 saturated heterocycles. The van der Waals surface area contributed by atoms with Gasteiger partial charge >= 0.3 is 0 Å². The number of fused-ring (bicyclic) bond motifs is 2. The number of hydrogen-bond donors (Lipinski definition) is 1. The zero-order valence-electron chi connectivity index (χ0n) is 9.92. The summed E-state index contributed by atoms with van der Waals surface area (Å²) in [6, 6.07) is 7.94. The van der Waals surface area contributed by atoms with Crippen LogP contribution in [0.5, 0.6) is 11.5 Å². The van der Waals surface area contributed by atoms with Crippen molar-refractivity contribution < 1.29 is 9.47 Å². The van der Waals surface area contributed by atoms with Gasteiger partial charge in [-0.3, -0.25) is 0 Å². The van der Waals surface area contributed by atoms with E-state index in [0.29, 0.717) is 0 Å². The number of thiophene rings is 1. The first kappa shape index (κ1) is 10.6. The fourth-order valence-electron chi connectivity index (χ4n) is 2.17. The highest BCUT2D eigenvalue weighted by Crippen LogP contribution is 2.37. The van der Waals surface area contributed by atoms with Crippen molar-refractivity contribution in [1.29, 1.82) is 0 Å². The van der Waals surface area contributed by atoms with E-state index in [0.717, 1.165) is 38.5 Å². The zero-order valence-corrected chi connectivity index (χ0v) is 10.7. The number of pyridine rings is 1. The largest absolute Gasteiger partial charge is 0.454 e. The molecule has 2 N–H and O–H groups in total. The predicted molar refractivity (Wildman–Crippen MR) is 75.6 cm³/mol. The molecular weight excluding hydrogens is 260 g/mol. The molecule has 2 aromatic heterocycles. The van der Waals surface area contributed by atoms with Crippen molar-refractivity contribution in [3.8, 4) is 22.6 Å². The maximum atomic E-state index is 5.94. The second-order valence-corrected chi connectivity index (χ2v) is 5.19. The van der Waals surface area contributed by atoms with Gasteiger partial charge in [-0.2, -0.15) is 0 Å². The van der Waals surface area contributed by atoms with Crippen molar-refractivity contribution >= 4 is 27.2 Å². The van der Waals surface area contributed by atoms with Crippen LogP contribution in [-0.4, -0.2) is 11.8 Å². The lowest BCUT2D eigenvalue weighted by Crippen LogP contribution is -1.92. The molecule has 0 aliphatic carbocycles. The third-order valence-corrected chi connectivity index (χ3v) is 4.09. The number of nitrogen functional groups attached to an aromatic ring is 1. The summed E-state index contributed by atoms with van der Waals surface area (Å²) in [7, 11) is 0. The molecule has 0 atom stereocenters. The first-order valence-electron chi connectivity index (χ1n) is 5.84. The maximum Gasteiger partial charge on any atom is 0.231 e. The highest BCUT2D eigenvalue weighted by atomic mass is 32.1. The van der Waals surface area contributed by atoms with E-state index >= 15 is 0 Å². The van der Waals surface area contributed by atoms with Crippen LogP contribution in [0.15, 0.2) is 35.8 Å². The van der Waals surface area contributed by atoms with Gasteiger partial charge in [0.05, 0.1) is 5.69 Å². The predicted octanol–water partition coefficient (Wildman–Crippen LogP) is 3.27. The van der Waals surface area contributed by atoms with Gasteiger partial charge in [-0.15, -0.1) is 11.3 Å². The van der Waals surface area contributed by atoms with Crippen LogP contribution in [0.3, 0.4) is 0 Å². The number of hydrogen-bond acceptors (Lipinski definition) is 5. The first-order valence-corrected chi connectivity index (χ1v) is 6.72. The Hall–Kier alpha value is -2.27. The molecule has 0 bridgehead atoms. The van der Waals surface area contributed by atoms with Gasteiger partial charge in [0.15, 0.2) is 11.5 Å². The molecule has 4 rings (SSSR count). The molecule has 1 aromatic carbocycles. The summed E-state index contributed by atoms with van der Waals surface area (Å²) in [5.41, 5.74) is 8.78. The summed E-state index contributed by atoms with van der Waals surface area (Å²) in [5, 5.41) is 2.92. The van der Waals surface area contributed by atoms with Crippen molar-refractivity contribution in [2.45, 2.75) is 0 Å². The van der Waals surface area contributed by atoms with E-state index < -0.39 is 0 Å². The lowest BCUT2D eigenvalue weighted by molar-refractivity contribution is 0.174. The van der Waals surface area contributed by atoms with Crippen molar-refractivity contribution in [2.24, 2.45) is 0 Å². The highest BCUT2D eigenvalue weighted by molar-refractivity contribution is 7.17. The van der Waals surface area contributed by atoms with Crippen molar-refractivity contribution in [2.75, 3.05) is 12.5 Å². The van der Waals surface area contributed by atoms with Gasteiger partial charge in [0.2, 0.25) is 6.79 Å². The van der Waals surface area contributed by atoms with Crippen LogP contribution in [-0.2, 0) is 0 Å². The molecule has 0 radical (unpaired) electrons. The quantitative estimate of drug-likeness (QED) is 0.737. The molecule has 3 aromatic rings. The minimum absolute atomic E-state index is 0.285. The van der Waals surface area contributed by atoms with Gasteiger partial charge in [0.1, 0.15) is 4.83 Å². The van der Waals surface area contributed by atoms with E-state index in [4.69, 9.17) is 15.2 Å². The highest BCUT2D eigenvalue weighted by Gasteiger charge is 2.14. The van der Waals surface area contributed by atoms with E-state index in [9.17, 15) is 0 Å². The molecule has 1 aliphatic rings. The third kappa shape index (κ3) is 1.62. The number of nitrogens with zero attached hydrogens (tertiary/aromatic N) is 1. The summed E-state index contributed by atoms with van der Waals surface area (Å²) in [6.07, 6.45) is 1.86. The topological polar surface area (TPSA) is 57.4 Å². The Labute approximate surface area is 113 Å². The second-order valence-electron chi connectivity index (χ2n) is 4.34. The maximum absolute atomic E-state index is 5.94. The molecule has 19 heavy (non-hydrogen) atoms. The second kappa shape index (κ2) is 3.86. The molecule has 0 unspecified atom stereocenters. The average Bonchev–Trinajstić information content (AvgIpc) is 3.05. The monoisotopic (exact) mass is 270 g/mol. The van der Waals surface area contributed by atoms with Crippen molar-refractivity contribution in [3.05, 3.63) is 35.8 Å². The zero-order chi connectivity index (χ0) is 12.8. The lowest BCUT2D eigenvalue weighted by atomic mass is 10.1. The average molecular weight is 270 g/mol. The first-order chi connectivity index (χ1) is 9.31. The molecule has 5 heteroatoms. The van der Waals surface area contributed by atoms with E-state index in [2.05, 4.69) is 11.1 Å². The Morgan fingerprint density at radius 1 is 1.11 bits per heavy atom. The normalized spacial score (nSPS) is 13.1. The third-order valence-electron chi connectivity index (χ3n) is 3.17. The summed E-state index contributed by atoms with van der Waals surface area (Å²) < 4.78 is 10.7. The fraction of sp³-hybridized carbons (Fsp3) is 0.0714. The number of benzene rings is 1. The van der Waals surface area contributed by atoms with Crippen LogP contribution in [0.1, 0.15) is 0 Å². The SMILES string of the molecule is Nc1csc2ncc(-c3ccc4c(c3)OCO4)cc12. The lowest BCUT2D eigenvalue weighted by Gasteiger charge is -2.03. The van der Waals surface area contributed by atoms with Crippen LogP contribution < -0.4 is 15.2 Å². The minimum atomic E-state index is 0.285. The van der Waals surface area contributed by atoms with Crippen molar-refractivity contribution in [1.82, 2.24) is 4.98 Å². The molecule has 0 saturated carbocycles. The fourth-order valence-corrected chi connectivity index (χ4v) is 2.95. The van der Waals surface area contributed by atoms with Gasteiger partial charge in [0, 0.05) is 22.5 Å². The Kier molecular flexibility index (Phi) is 2.16. The van der Waals surface area contributed by atoms with Crippen molar-refractivity contribution in [3.63, 3.8) is 0 Å². The molecule has 0 amide bonds. The van der Waals surface area contributed by atoms with Crippen LogP contribution in [0, 0.1) is 0 Å². The molecule has 1 aliphatic heterocycles. The van der Waals surface area contributed by atoms with Gasteiger partial charge in [0.25, 0.3) is 0 Å². The molecule has 4 nitrogen and oxygen atoms in total. The number of nitrogens with two attached hydrogens (primary N) is 1. The van der Waals surface area contributed by atoms with Crippen LogP contribution in [0.25, 0.3) is 21.3 Å². The van der Waals surface area contributed by atoms with E-state index in [1.165, 1.54) is 0 Å². The Balaban J connectivity index is 1.87. The summed E-state index contributed by atoms with van der Waals surface area (Å²) in [5.74, 6) is 1.56. The van der Waals surface area contributed by atoms with Crippen LogP contribution >= 0.6 is 11.3 Å². The molecule has 0 spiro atoms. The molecule has 0 fully saturated rings. The molecule has 94 valence electrons. The van der Waals surface area contributed by atoms with Gasteiger partial charge in [-0.25, -0.2) is 4.98 Å². The molecular formula is C14H10N2O2S. The Bertz CT molecular complexity index is 782. The standard InChI is InChI=1S/C14H10N2O2S/c15-11-6-19-14-10(11)3-9(5-16-14)8-1-2-12-13(4-8)18-7-17-12/h1-6H,7,15H2. The summed E-state index contributed by atoms with van der Waals surface area (Å²) in [6.45, 7) is 0.285. The van der Waals surface area contributed by atoms with Gasteiger partial charge in [-0.1, -0.05) is 6.07 Å². The van der Waals surface area contributed by atoms with Crippen LogP contribution in [0.2, 0.25) is 0 Å². The summed E-state index contributed by atoms with van der Waals surface area (Å²) >= 11 is 1.56. The number of aromatic nitrogens is 1. The number of rotatable bonds is 1. The molecule has 3 heterocycles. The van der Waals surface area contributed by atoms with E-state index in [-0.39, 0.29) is 6.79 Å².